The number of carbonyl (C=O) groups excluding carboxylic acids is 1. The fourth-order valence-electron chi connectivity index (χ4n) is 3.34. The van der Waals surface area contributed by atoms with Crippen LogP contribution in [-0.4, -0.2) is 33.4 Å². The summed E-state index contributed by atoms with van der Waals surface area (Å²) in [5.74, 6) is -1.70. The minimum absolute atomic E-state index is 0.0588. The van der Waals surface area contributed by atoms with Crippen molar-refractivity contribution in [2.75, 3.05) is 6.54 Å². The van der Waals surface area contributed by atoms with Crippen molar-refractivity contribution in [1.29, 1.82) is 0 Å². The van der Waals surface area contributed by atoms with Crippen LogP contribution in [0.4, 0.5) is 8.78 Å². The minimum atomic E-state index is -0.779. The average Bonchev–Trinajstić information content (AvgIpc) is 3.22. The molecule has 1 saturated carbocycles. The van der Waals surface area contributed by atoms with Crippen LogP contribution in [0.3, 0.4) is 0 Å². The van der Waals surface area contributed by atoms with Gasteiger partial charge in [0.05, 0.1) is 11.7 Å². The molecule has 1 amide bonds. The summed E-state index contributed by atoms with van der Waals surface area (Å²) >= 11 is 0. The molecule has 0 bridgehead atoms. The van der Waals surface area contributed by atoms with Gasteiger partial charge in [-0.25, -0.2) is 8.78 Å². The summed E-state index contributed by atoms with van der Waals surface area (Å²) in [7, 11) is 1.62. The maximum Gasteiger partial charge on any atom is 0.255 e. The van der Waals surface area contributed by atoms with Crippen molar-refractivity contribution in [3.8, 4) is 11.3 Å². The quantitative estimate of drug-likeness (QED) is 0.872. The number of aromatic nitrogens is 2. The summed E-state index contributed by atoms with van der Waals surface area (Å²) in [6.07, 6.45) is 5.04. The number of benzene rings is 1. The van der Waals surface area contributed by atoms with Crippen LogP contribution in [-0.2, 0) is 7.05 Å². The number of aliphatic hydroxyl groups excluding tert-OH is 1. The van der Waals surface area contributed by atoms with E-state index in [1.54, 1.807) is 7.05 Å². The highest BCUT2D eigenvalue weighted by atomic mass is 19.1. The monoisotopic (exact) mass is 349 g/mol. The van der Waals surface area contributed by atoms with Crippen LogP contribution in [0.25, 0.3) is 11.3 Å². The molecule has 2 aromatic rings. The predicted molar refractivity (Wildman–Crippen MR) is 88.9 cm³/mol. The summed E-state index contributed by atoms with van der Waals surface area (Å²) < 4.78 is 28.6. The fraction of sp³-hybridized carbons (Fsp3) is 0.444. The highest BCUT2D eigenvalue weighted by molar-refractivity contribution is 5.99. The normalized spacial score (nSPS) is 16.2. The molecule has 2 N–H and O–H groups in total. The molecule has 134 valence electrons. The summed E-state index contributed by atoms with van der Waals surface area (Å²) in [6, 6.07) is 3.14. The molecule has 1 aliphatic carbocycles. The molecular weight excluding hydrogens is 328 g/mol. The Morgan fingerprint density at radius 1 is 1.40 bits per heavy atom. The Hall–Kier alpha value is -2.28. The van der Waals surface area contributed by atoms with Crippen molar-refractivity contribution in [3.05, 3.63) is 41.6 Å². The summed E-state index contributed by atoms with van der Waals surface area (Å²) in [6.45, 7) is 0.143. The van der Waals surface area contributed by atoms with E-state index in [4.69, 9.17) is 0 Å². The van der Waals surface area contributed by atoms with Crippen molar-refractivity contribution >= 4 is 5.91 Å². The maximum atomic E-state index is 14.0. The van der Waals surface area contributed by atoms with E-state index in [0.29, 0.717) is 0 Å². The Morgan fingerprint density at radius 2 is 2.12 bits per heavy atom. The summed E-state index contributed by atoms with van der Waals surface area (Å²) in [5, 5.41) is 17.0. The van der Waals surface area contributed by atoms with Crippen LogP contribution in [0.2, 0.25) is 0 Å². The Balaban J connectivity index is 1.76. The van der Waals surface area contributed by atoms with E-state index in [1.807, 2.05) is 0 Å². The number of aliphatic hydroxyl groups is 1. The standard InChI is InChI=1S/C18H21F2N3O2/c1-23-10-14(17(22-23)13-7-6-12(19)8-15(13)20)18(25)21-9-16(24)11-4-2-3-5-11/h6-8,10-11,16,24H,2-5,9H2,1H3,(H,21,25). The highest BCUT2D eigenvalue weighted by Crippen LogP contribution is 2.28. The van der Waals surface area contributed by atoms with Gasteiger partial charge in [0, 0.05) is 31.4 Å². The number of nitrogens with zero attached hydrogens (tertiary/aromatic N) is 2. The number of rotatable bonds is 5. The molecule has 1 unspecified atom stereocenters. The molecule has 0 radical (unpaired) electrons. The van der Waals surface area contributed by atoms with E-state index in [1.165, 1.54) is 16.9 Å². The number of nitrogens with one attached hydrogen (secondary N) is 1. The van der Waals surface area contributed by atoms with Gasteiger partial charge in [-0.1, -0.05) is 12.8 Å². The minimum Gasteiger partial charge on any atom is -0.391 e. The third-order valence-corrected chi connectivity index (χ3v) is 4.68. The van der Waals surface area contributed by atoms with Gasteiger partial charge < -0.3 is 10.4 Å². The molecule has 3 rings (SSSR count). The van der Waals surface area contributed by atoms with Crippen molar-refractivity contribution in [1.82, 2.24) is 15.1 Å². The molecule has 0 spiro atoms. The SMILES string of the molecule is Cn1cc(C(=O)NCC(O)C2CCCC2)c(-c2ccc(F)cc2F)n1. The van der Waals surface area contributed by atoms with Crippen LogP contribution in [0.1, 0.15) is 36.0 Å². The number of carbonyl (C=O) groups is 1. The Labute approximate surface area is 144 Å². The predicted octanol–water partition coefficient (Wildman–Crippen LogP) is 2.65. The molecule has 1 atom stereocenters. The Morgan fingerprint density at radius 3 is 2.80 bits per heavy atom. The Bertz CT molecular complexity index is 770. The fourth-order valence-corrected chi connectivity index (χ4v) is 3.34. The van der Waals surface area contributed by atoms with Crippen LogP contribution in [0.5, 0.6) is 0 Å². The first-order valence-corrected chi connectivity index (χ1v) is 8.41. The lowest BCUT2D eigenvalue weighted by Crippen LogP contribution is -2.35. The van der Waals surface area contributed by atoms with Crippen LogP contribution in [0, 0.1) is 17.6 Å². The molecule has 0 saturated heterocycles. The lowest BCUT2D eigenvalue weighted by molar-refractivity contribution is 0.0841. The van der Waals surface area contributed by atoms with Gasteiger partial charge in [-0.15, -0.1) is 0 Å². The lowest BCUT2D eigenvalue weighted by atomic mass is 10.0. The largest absolute Gasteiger partial charge is 0.391 e. The van der Waals surface area contributed by atoms with E-state index in [0.717, 1.165) is 37.8 Å². The van der Waals surface area contributed by atoms with Gasteiger partial charge in [0.15, 0.2) is 0 Å². The summed E-state index contributed by atoms with van der Waals surface area (Å²) in [4.78, 5) is 12.5. The van der Waals surface area contributed by atoms with Crippen LogP contribution >= 0.6 is 0 Å². The first kappa shape index (κ1) is 17.5. The average molecular weight is 349 g/mol. The van der Waals surface area contributed by atoms with E-state index in [-0.39, 0.29) is 29.3 Å². The maximum absolute atomic E-state index is 14.0. The van der Waals surface area contributed by atoms with Crippen molar-refractivity contribution in [2.45, 2.75) is 31.8 Å². The first-order chi connectivity index (χ1) is 12.0. The van der Waals surface area contributed by atoms with Crippen molar-refractivity contribution < 1.29 is 18.7 Å². The zero-order valence-corrected chi connectivity index (χ0v) is 14.0. The second-order valence-corrected chi connectivity index (χ2v) is 6.51. The molecular formula is C18H21F2N3O2. The third-order valence-electron chi connectivity index (χ3n) is 4.68. The number of amides is 1. The summed E-state index contributed by atoms with van der Waals surface area (Å²) in [5.41, 5.74) is 0.392. The van der Waals surface area contributed by atoms with Gasteiger partial charge in [-0.3, -0.25) is 9.48 Å². The number of hydrogen-bond donors (Lipinski definition) is 2. The van der Waals surface area contributed by atoms with Gasteiger partial charge in [0.2, 0.25) is 0 Å². The number of hydrogen-bond acceptors (Lipinski definition) is 3. The Kier molecular flexibility index (Phi) is 5.13. The lowest BCUT2D eigenvalue weighted by Gasteiger charge is -2.18. The van der Waals surface area contributed by atoms with Gasteiger partial charge in [-0.2, -0.15) is 5.10 Å². The van der Waals surface area contributed by atoms with Crippen LogP contribution < -0.4 is 5.32 Å². The second-order valence-electron chi connectivity index (χ2n) is 6.51. The number of halogens is 2. The van der Waals surface area contributed by atoms with Gasteiger partial charge in [-0.05, 0) is 30.9 Å². The van der Waals surface area contributed by atoms with Crippen molar-refractivity contribution in [3.63, 3.8) is 0 Å². The van der Waals surface area contributed by atoms with Gasteiger partial charge in [0.25, 0.3) is 5.91 Å². The number of aryl methyl sites for hydroxylation is 1. The van der Waals surface area contributed by atoms with Gasteiger partial charge >= 0.3 is 0 Å². The molecule has 1 aromatic heterocycles. The molecule has 1 heterocycles. The van der Waals surface area contributed by atoms with E-state index in [2.05, 4.69) is 10.4 Å². The second kappa shape index (κ2) is 7.31. The molecule has 5 nitrogen and oxygen atoms in total. The molecule has 0 aliphatic heterocycles. The molecule has 1 fully saturated rings. The van der Waals surface area contributed by atoms with Crippen LogP contribution in [0.15, 0.2) is 24.4 Å². The molecule has 7 heteroatoms. The van der Waals surface area contributed by atoms with E-state index >= 15 is 0 Å². The zero-order chi connectivity index (χ0) is 18.0. The highest BCUT2D eigenvalue weighted by Gasteiger charge is 2.25. The topological polar surface area (TPSA) is 67.2 Å². The first-order valence-electron chi connectivity index (χ1n) is 8.41. The molecule has 25 heavy (non-hydrogen) atoms. The molecule has 1 aromatic carbocycles. The smallest absolute Gasteiger partial charge is 0.255 e. The van der Waals surface area contributed by atoms with E-state index in [9.17, 15) is 18.7 Å². The van der Waals surface area contributed by atoms with Crippen molar-refractivity contribution in [2.24, 2.45) is 13.0 Å². The zero-order valence-electron chi connectivity index (χ0n) is 14.0. The third kappa shape index (κ3) is 3.87. The van der Waals surface area contributed by atoms with E-state index < -0.39 is 23.6 Å². The molecule has 1 aliphatic rings. The van der Waals surface area contributed by atoms with Gasteiger partial charge in [0.1, 0.15) is 17.3 Å².